The van der Waals surface area contributed by atoms with Crippen molar-refractivity contribution in [3.8, 4) is 22.5 Å². The third-order valence-electron chi connectivity index (χ3n) is 5.19. The topological polar surface area (TPSA) is 55.1 Å². The van der Waals surface area contributed by atoms with Gasteiger partial charge in [-0.2, -0.15) is 0 Å². The molecule has 4 nitrogen and oxygen atoms in total. The molecule has 1 heterocycles. The minimum absolute atomic E-state index is 0.264. The zero-order valence-corrected chi connectivity index (χ0v) is 16.6. The van der Waals surface area contributed by atoms with E-state index in [2.05, 4.69) is 47.9 Å². The quantitative estimate of drug-likeness (QED) is 0.480. The standard InChI is InChI=1S/C24H28N2O2/c1-18(24(27)28)12-6-5-11-17-26-19(2)25-22(20-13-7-3-8-14-20)23(26)21-15-9-4-10-16-21/h3-4,7-10,13-16,18H,5-6,11-12,17H2,1-2H3,(H,27,28). The summed E-state index contributed by atoms with van der Waals surface area (Å²) in [6, 6.07) is 20.7. The van der Waals surface area contributed by atoms with Crippen LogP contribution in [0.3, 0.4) is 0 Å². The van der Waals surface area contributed by atoms with Crippen molar-refractivity contribution in [2.24, 2.45) is 5.92 Å². The van der Waals surface area contributed by atoms with Gasteiger partial charge in [-0.3, -0.25) is 4.79 Å². The molecule has 0 fully saturated rings. The monoisotopic (exact) mass is 376 g/mol. The van der Waals surface area contributed by atoms with Gasteiger partial charge in [-0.25, -0.2) is 4.98 Å². The first-order chi connectivity index (χ1) is 13.6. The lowest BCUT2D eigenvalue weighted by Gasteiger charge is -2.12. The summed E-state index contributed by atoms with van der Waals surface area (Å²) in [5, 5.41) is 9.01. The molecule has 2 aromatic carbocycles. The predicted octanol–water partition coefficient (Wildman–Crippen LogP) is 5.81. The fourth-order valence-electron chi connectivity index (χ4n) is 3.54. The third kappa shape index (κ3) is 4.69. The molecule has 4 heteroatoms. The van der Waals surface area contributed by atoms with Gasteiger partial charge in [-0.05, 0) is 19.8 Å². The van der Waals surface area contributed by atoms with Gasteiger partial charge in [0.25, 0.3) is 0 Å². The molecule has 1 atom stereocenters. The maximum absolute atomic E-state index is 11.0. The summed E-state index contributed by atoms with van der Waals surface area (Å²) in [5.74, 6) is 0.0421. The number of carboxylic acids is 1. The average molecular weight is 377 g/mol. The van der Waals surface area contributed by atoms with Crippen molar-refractivity contribution < 1.29 is 9.90 Å². The molecule has 0 bridgehead atoms. The first-order valence-corrected chi connectivity index (χ1v) is 9.98. The van der Waals surface area contributed by atoms with Crippen molar-refractivity contribution in [3.05, 3.63) is 66.5 Å². The van der Waals surface area contributed by atoms with Crippen LogP contribution in [0, 0.1) is 12.8 Å². The van der Waals surface area contributed by atoms with E-state index in [1.165, 1.54) is 5.56 Å². The van der Waals surface area contributed by atoms with E-state index < -0.39 is 5.97 Å². The van der Waals surface area contributed by atoms with Crippen LogP contribution in [0.4, 0.5) is 0 Å². The number of aliphatic carboxylic acids is 1. The Bertz CT molecular complexity index is 901. The second kappa shape index (κ2) is 9.36. The summed E-state index contributed by atoms with van der Waals surface area (Å²) in [4.78, 5) is 15.8. The van der Waals surface area contributed by atoms with Gasteiger partial charge in [0, 0.05) is 17.7 Å². The number of hydrogen-bond donors (Lipinski definition) is 1. The molecular formula is C24H28N2O2. The van der Waals surface area contributed by atoms with Gasteiger partial charge in [-0.1, -0.05) is 80.4 Å². The van der Waals surface area contributed by atoms with E-state index in [9.17, 15) is 4.79 Å². The number of nitrogens with zero attached hydrogens (tertiary/aromatic N) is 2. The van der Waals surface area contributed by atoms with Gasteiger partial charge >= 0.3 is 5.97 Å². The first kappa shape index (κ1) is 19.9. The Morgan fingerprint density at radius 1 is 0.964 bits per heavy atom. The Balaban J connectivity index is 1.81. The maximum atomic E-state index is 11.0. The highest BCUT2D eigenvalue weighted by molar-refractivity contribution is 5.79. The lowest BCUT2D eigenvalue weighted by molar-refractivity contribution is -0.141. The van der Waals surface area contributed by atoms with Crippen molar-refractivity contribution in [2.75, 3.05) is 0 Å². The molecule has 1 N–H and O–H groups in total. The van der Waals surface area contributed by atoms with Gasteiger partial charge in [0.15, 0.2) is 0 Å². The summed E-state index contributed by atoms with van der Waals surface area (Å²) in [5.41, 5.74) is 4.46. The fraction of sp³-hybridized carbons (Fsp3) is 0.333. The highest BCUT2D eigenvalue weighted by atomic mass is 16.4. The summed E-state index contributed by atoms with van der Waals surface area (Å²) < 4.78 is 2.30. The molecule has 0 amide bonds. The molecule has 1 aromatic heterocycles. The van der Waals surface area contributed by atoms with Crippen LogP contribution in [0.5, 0.6) is 0 Å². The number of aromatic nitrogens is 2. The molecule has 0 spiro atoms. The molecule has 3 aromatic rings. The van der Waals surface area contributed by atoms with E-state index >= 15 is 0 Å². The van der Waals surface area contributed by atoms with E-state index in [1.807, 2.05) is 24.3 Å². The molecule has 0 saturated carbocycles. The number of rotatable bonds is 9. The van der Waals surface area contributed by atoms with Crippen molar-refractivity contribution >= 4 is 5.97 Å². The zero-order valence-electron chi connectivity index (χ0n) is 16.6. The molecule has 0 aliphatic rings. The Morgan fingerprint density at radius 3 is 2.18 bits per heavy atom. The molecule has 1 unspecified atom stereocenters. The Kier molecular flexibility index (Phi) is 6.64. The van der Waals surface area contributed by atoms with E-state index in [-0.39, 0.29) is 5.92 Å². The van der Waals surface area contributed by atoms with Crippen molar-refractivity contribution in [3.63, 3.8) is 0 Å². The molecule has 0 aliphatic heterocycles. The third-order valence-corrected chi connectivity index (χ3v) is 5.19. The number of carboxylic acid groups (broad SMARTS) is 1. The lowest BCUT2D eigenvalue weighted by atomic mass is 10.0. The lowest BCUT2D eigenvalue weighted by Crippen LogP contribution is -2.09. The minimum atomic E-state index is -0.704. The van der Waals surface area contributed by atoms with Crippen LogP contribution >= 0.6 is 0 Å². The van der Waals surface area contributed by atoms with Gasteiger partial charge in [0.2, 0.25) is 0 Å². The van der Waals surface area contributed by atoms with Crippen molar-refractivity contribution in [2.45, 2.75) is 46.1 Å². The second-order valence-electron chi connectivity index (χ2n) is 7.33. The normalized spacial score (nSPS) is 12.1. The number of carbonyl (C=O) groups is 1. The van der Waals surface area contributed by atoms with E-state index in [1.54, 1.807) is 6.92 Å². The first-order valence-electron chi connectivity index (χ1n) is 9.98. The second-order valence-corrected chi connectivity index (χ2v) is 7.33. The van der Waals surface area contributed by atoms with Crippen molar-refractivity contribution in [1.82, 2.24) is 9.55 Å². The Hall–Kier alpha value is -2.88. The molecule has 0 saturated heterocycles. The average Bonchev–Trinajstić information content (AvgIpc) is 3.05. The van der Waals surface area contributed by atoms with Crippen molar-refractivity contribution in [1.29, 1.82) is 0 Å². The summed E-state index contributed by atoms with van der Waals surface area (Å²) in [7, 11) is 0. The van der Waals surface area contributed by atoms with Crippen LogP contribution in [0.15, 0.2) is 60.7 Å². The van der Waals surface area contributed by atoms with Crippen LogP contribution in [0.25, 0.3) is 22.5 Å². The smallest absolute Gasteiger partial charge is 0.306 e. The van der Waals surface area contributed by atoms with E-state index in [4.69, 9.17) is 10.1 Å². The molecular weight excluding hydrogens is 348 g/mol. The number of hydrogen-bond acceptors (Lipinski definition) is 2. The van der Waals surface area contributed by atoms with Crippen LogP contribution in [0.1, 0.15) is 38.4 Å². The number of unbranched alkanes of at least 4 members (excludes halogenated alkanes) is 2. The molecule has 146 valence electrons. The minimum Gasteiger partial charge on any atom is -0.481 e. The van der Waals surface area contributed by atoms with Crippen LogP contribution in [-0.4, -0.2) is 20.6 Å². The van der Waals surface area contributed by atoms with Gasteiger partial charge in [0.05, 0.1) is 17.3 Å². The largest absolute Gasteiger partial charge is 0.481 e. The predicted molar refractivity (Wildman–Crippen MR) is 113 cm³/mol. The highest BCUT2D eigenvalue weighted by Crippen LogP contribution is 2.33. The van der Waals surface area contributed by atoms with Gasteiger partial charge in [-0.15, -0.1) is 0 Å². The summed E-state index contributed by atoms with van der Waals surface area (Å²) in [6.45, 7) is 4.73. The van der Waals surface area contributed by atoms with E-state index in [0.29, 0.717) is 0 Å². The Labute approximate surface area is 166 Å². The van der Waals surface area contributed by atoms with Crippen LogP contribution in [0.2, 0.25) is 0 Å². The zero-order chi connectivity index (χ0) is 19.9. The Morgan fingerprint density at radius 2 is 1.57 bits per heavy atom. The molecule has 0 radical (unpaired) electrons. The number of aryl methyl sites for hydroxylation is 1. The highest BCUT2D eigenvalue weighted by Gasteiger charge is 2.17. The fourth-order valence-corrected chi connectivity index (χ4v) is 3.54. The molecule has 28 heavy (non-hydrogen) atoms. The summed E-state index contributed by atoms with van der Waals surface area (Å²) >= 11 is 0. The summed E-state index contributed by atoms with van der Waals surface area (Å²) in [6.07, 6.45) is 3.70. The molecule has 3 rings (SSSR count). The van der Waals surface area contributed by atoms with Crippen LogP contribution < -0.4 is 0 Å². The van der Waals surface area contributed by atoms with Gasteiger partial charge < -0.3 is 9.67 Å². The maximum Gasteiger partial charge on any atom is 0.306 e. The molecule has 0 aliphatic carbocycles. The van der Waals surface area contributed by atoms with Gasteiger partial charge in [0.1, 0.15) is 5.82 Å². The SMILES string of the molecule is Cc1nc(-c2ccccc2)c(-c2ccccc2)n1CCCCCC(C)C(=O)O. The van der Waals surface area contributed by atoms with E-state index in [0.717, 1.165) is 55.0 Å². The number of imidazole rings is 1. The number of benzene rings is 2. The van der Waals surface area contributed by atoms with Crippen LogP contribution in [-0.2, 0) is 11.3 Å².